The number of nitrogens with zero attached hydrogens (tertiary/aromatic N) is 1. The Labute approximate surface area is 142 Å². The predicted molar refractivity (Wildman–Crippen MR) is 99.4 cm³/mol. The van der Waals surface area contributed by atoms with Crippen LogP contribution in [0, 0.1) is 11.3 Å². The first kappa shape index (κ1) is 18.2. The van der Waals surface area contributed by atoms with Gasteiger partial charge in [0.05, 0.1) is 6.10 Å². The van der Waals surface area contributed by atoms with Crippen LogP contribution < -0.4 is 0 Å². The molecule has 1 saturated carbocycles. The second kappa shape index (κ2) is 7.63. The topological polar surface area (TPSA) is 23.5 Å². The number of fused-ring (bicyclic) bond motifs is 1. The minimum atomic E-state index is -0.152. The Kier molecular flexibility index (Phi) is 6.05. The minimum Gasteiger partial charge on any atom is -0.393 e. The second-order valence-electron chi connectivity index (χ2n) is 7.49. The molecule has 0 amide bonds. The number of aliphatic hydroxyl groups is 1. The molecule has 1 aliphatic carbocycles. The molecule has 2 rings (SSSR count). The molecule has 2 nitrogen and oxygen atoms in total. The molecule has 0 radical (unpaired) electrons. The first-order valence-electron chi connectivity index (χ1n) is 8.93. The van der Waals surface area contributed by atoms with E-state index in [0.717, 1.165) is 38.8 Å². The van der Waals surface area contributed by atoms with E-state index in [4.69, 9.17) is 0 Å². The van der Waals surface area contributed by atoms with Gasteiger partial charge in [-0.15, -0.1) is 0 Å². The van der Waals surface area contributed by atoms with Gasteiger partial charge in [-0.05, 0) is 70.6 Å². The zero-order valence-corrected chi connectivity index (χ0v) is 15.3. The van der Waals surface area contributed by atoms with Crippen molar-refractivity contribution in [3.05, 3.63) is 47.6 Å². The Morgan fingerprint density at radius 1 is 1.43 bits per heavy atom. The van der Waals surface area contributed by atoms with Crippen molar-refractivity contribution in [2.45, 2.75) is 52.6 Å². The maximum Gasteiger partial charge on any atom is 0.0544 e. The average Bonchev–Trinajstić information content (AvgIpc) is 2.61. The summed E-state index contributed by atoms with van der Waals surface area (Å²) in [6.45, 7) is 13.0. The summed E-state index contributed by atoms with van der Waals surface area (Å²) in [6.07, 6.45) is 12.4. The third kappa shape index (κ3) is 3.87. The lowest BCUT2D eigenvalue weighted by Crippen LogP contribution is -2.43. The number of hydrogen-bond donors (Lipinski definition) is 1. The molecule has 1 aliphatic heterocycles. The maximum absolute atomic E-state index is 10.2. The van der Waals surface area contributed by atoms with Gasteiger partial charge in [0, 0.05) is 18.5 Å². The molecule has 0 spiro atoms. The van der Waals surface area contributed by atoms with Crippen LogP contribution in [0.25, 0.3) is 0 Å². The van der Waals surface area contributed by atoms with Crippen LogP contribution in [0.3, 0.4) is 0 Å². The Balaban J connectivity index is 2.43. The van der Waals surface area contributed by atoms with E-state index in [1.165, 1.54) is 16.7 Å². The van der Waals surface area contributed by atoms with Gasteiger partial charge in [-0.2, -0.15) is 0 Å². The highest BCUT2D eigenvalue weighted by Crippen LogP contribution is 2.53. The molecule has 3 unspecified atom stereocenters. The maximum atomic E-state index is 10.2. The largest absolute Gasteiger partial charge is 0.393 e. The van der Waals surface area contributed by atoms with Crippen LogP contribution in [0.1, 0.15) is 46.5 Å². The van der Waals surface area contributed by atoms with Crippen LogP contribution in [-0.2, 0) is 0 Å². The molecule has 23 heavy (non-hydrogen) atoms. The number of likely N-dealkylation sites (N-methyl/N-ethyl adjacent to an activating group) is 1. The van der Waals surface area contributed by atoms with Gasteiger partial charge in [-0.1, -0.05) is 36.5 Å². The van der Waals surface area contributed by atoms with Crippen molar-refractivity contribution in [3.8, 4) is 0 Å². The van der Waals surface area contributed by atoms with Gasteiger partial charge >= 0.3 is 0 Å². The van der Waals surface area contributed by atoms with Crippen molar-refractivity contribution in [2.24, 2.45) is 11.3 Å². The quantitative estimate of drug-likeness (QED) is 0.775. The molecule has 128 valence electrons. The Morgan fingerprint density at radius 2 is 2.17 bits per heavy atom. The molecule has 0 aromatic rings. The third-order valence-electron chi connectivity index (χ3n) is 5.74. The zero-order valence-electron chi connectivity index (χ0n) is 15.3. The lowest BCUT2D eigenvalue weighted by molar-refractivity contribution is 0.0225. The van der Waals surface area contributed by atoms with Crippen LogP contribution in [0.5, 0.6) is 0 Å². The monoisotopic (exact) mass is 315 g/mol. The smallest absolute Gasteiger partial charge is 0.0544 e. The summed E-state index contributed by atoms with van der Waals surface area (Å²) in [6, 6.07) is 0. The highest BCUT2D eigenvalue weighted by Gasteiger charge is 2.47. The van der Waals surface area contributed by atoms with Crippen LogP contribution in [0.4, 0.5) is 0 Å². The Bertz CT molecular complexity index is 528. The summed E-state index contributed by atoms with van der Waals surface area (Å²) in [5.74, 6) is 0.482. The predicted octanol–water partition coefficient (Wildman–Crippen LogP) is 4.49. The zero-order chi connectivity index (χ0) is 17.0. The van der Waals surface area contributed by atoms with E-state index in [9.17, 15) is 5.11 Å². The molecule has 1 N–H and O–H groups in total. The lowest BCUT2D eigenvalue weighted by atomic mass is 9.58. The summed E-state index contributed by atoms with van der Waals surface area (Å²) in [4.78, 5) is 2.40. The van der Waals surface area contributed by atoms with Crippen LogP contribution in [-0.4, -0.2) is 36.2 Å². The molecule has 0 aromatic heterocycles. The Morgan fingerprint density at radius 3 is 2.83 bits per heavy atom. The molecule has 3 atom stereocenters. The summed E-state index contributed by atoms with van der Waals surface area (Å²) in [5, 5.41) is 10.2. The highest BCUT2D eigenvalue weighted by atomic mass is 16.3. The fraction of sp³-hybridized carbons (Fsp3) is 0.619. The summed E-state index contributed by atoms with van der Waals surface area (Å²) < 4.78 is 0. The summed E-state index contributed by atoms with van der Waals surface area (Å²) in [7, 11) is 2.19. The van der Waals surface area contributed by atoms with Crippen LogP contribution in [0.15, 0.2) is 47.6 Å². The van der Waals surface area contributed by atoms with Gasteiger partial charge in [0.15, 0.2) is 0 Å². The van der Waals surface area contributed by atoms with E-state index in [1.807, 2.05) is 0 Å². The van der Waals surface area contributed by atoms with E-state index < -0.39 is 0 Å². The fourth-order valence-electron chi connectivity index (χ4n) is 4.52. The molecule has 2 fully saturated rings. The van der Waals surface area contributed by atoms with Crippen molar-refractivity contribution in [1.82, 2.24) is 4.90 Å². The van der Waals surface area contributed by atoms with Gasteiger partial charge in [-0.25, -0.2) is 0 Å². The van der Waals surface area contributed by atoms with E-state index in [0.29, 0.717) is 5.92 Å². The van der Waals surface area contributed by atoms with Crippen molar-refractivity contribution in [3.63, 3.8) is 0 Å². The van der Waals surface area contributed by atoms with Crippen molar-refractivity contribution >= 4 is 0 Å². The number of aliphatic hydroxyl groups excluding tert-OH is 1. The number of hydrogen-bond acceptors (Lipinski definition) is 2. The summed E-state index contributed by atoms with van der Waals surface area (Å²) in [5.41, 5.74) is 4.21. The van der Waals surface area contributed by atoms with Crippen LogP contribution in [0.2, 0.25) is 0 Å². The van der Waals surface area contributed by atoms with Crippen molar-refractivity contribution in [2.75, 3.05) is 20.1 Å². The fourth-order valence-corrected chi connectivity index (χ4v) is 4.52. The van der Waals surface area contributed by atoms with Crippen LogP contribution >= 0.6 is 0 Å². The van der Waals surface area contributed by atoms with Gasteiger partial charge in [0.25, 0.3) is 0 Å². The lowest BCUT2D eigenvalue weighted by Gasteiger charge is -2.47. The average molecular weight is 316 g/mol. The van der Waals surface area contributed by atoms with E-state index >= 15 is 0 Å². The highest BCUT2D eigenvalue weighted by molar-refractivity contribution is 5.39. The van der Waals surface area contributed by atoms with Gasteiger partial charge in [-0.3, -0.25) is 0 Å². The number of allylic oxidation sites excluding steroid dienone is 5. The molecule has 2 heteroatoms. The van der Waals surface area contributed by atoms with Crippen molar-refractivity contribution in [1.29, 1.82) is 0 Å². The molecular weight excluding hydrogens is 282 g/mol. The second-order valence-corrected chi connectivity index (χ2v) is 7.49. The van der Waals surface area contributed by atoms with E-state index in [-0.39, 0.29) is 11.5 Å². The molecule has 1 heterocycles. The third-order valence-corrected chi connectivity index (χ3v) is 5.74. The number of likely N-dealkylation sites (tertiary alicyclic amines) is 1. The summed E-state index contributed by atoms with van der Waals surface area (Å²) >= 11 is 0. The first-order chi connectivity index (χ1) is 10.9. The molecule has 2 aliphatic rings. The number of rotatable bonds is 3. The van der Waals surface area contributed by atoms with E-state index in [2.05, 4.69) is 63.6 Å². The standard InChI is InChI=1S/C21H33NO/c1-6-8-9-16(3)13-21-11-10-20(23)12-19(21)15-22(5)14-18(7-2)17(21)4/h6-9,19-20,23H,4,10-15H2,1-3,5H3. The molecule has 0 aromatic carbocycles. The first-order valence-corrected chi connectivity index (χ1v) is 8.93. The SMILES string of the molecule is C=C1C(=CC)CN(C)CC2CC(O)CCC12CC(C)=CC=CC. The molecular formula is C21H33NO. The van der Waals surface area contributed by atoms with Gasteiger partial charge in [0.1, 0.15) is 0 Å². The van der Waals surface area contributed by atoms with Gasteiger partial charge < -0.3 is 10.0 Å². The van der Waals surface area contributed by atoms with E-state index in [1.54, 1.807) is 0 Å². The molecule has 1 saturated heterocycles. The van der Waals surface area contributed by atoms with Gasteiger partial charge in [0.2, 0.25) is 0 Å². The van der Waals surface area contributed by atoms with Crippen molar-refractivity contribution < 1.29 is 5.11 Å². The normalized spacial score (nSPS) is 35.6. The minimum absolute atomic E-state index is 0.105. The Hall–Kier alpha value is -1.12. The molecule has 0 bridgehead atoms.